The van der Waals surface area contributed by atoms with Crippen molar-refractivity contribution in [2.75, 3.05) is 13.2 Å². The van der Waals surface area contributed by atoms with E-state index in [0.29, 0.717) is 13.0 Å². The molecule has 8 nitrogen and oxygen atoms in total. The minimum atomic E-state index is -1.06. The van der Waals surface area contributed by atoms with Gasteiger partial charge in [0.2, 0.25) is 0 Å². The largest absolute Gasteiger partial charge is 0.508 e. The van der Waals surface area contributed by atoms with Crippen molar-refractivity contribution in [3.8, 4) is 11.5 Å². The molecule has 0 saturated heterocycles. The Bertz CT molecular complexity index is 1350. The highest BCUT2D eigenvalue weighted by molar-refractivity contribution is 5.81. The molecule has 1 atom stereocenters. The van der Waals surface area contributed by atoms with Gasteiger partial charge in [0.25, 0.3) is 0 Å². The number of phenolic OH excluding ortho intramolecular Hbond substituents is 1. The predicted molar refractivity (Wildman–Crippen MR) is 166 cm³/mol. The van der Waals surface area contributed by atoms with Crippen LogP contribution in [0.3, 0.4) is 0 Å². The molecule has 3 aromatic rings. The summed E-state index contributed by atoms with van der Waals surface area (Å²) in [7, 11) is 0. The summed E-state index contributed by atoms with van der Waals surface area (Å²) in [6.45, 7) is 13.7. The van der Waals surface area contributed by atoms with E-state index in [9.17, 15) is 14.7 Å². The van der Waals surface area contributed by atoms with Gasteiger partial charge in [-0.15, -0.1) is 0 Å². The third kappa shape index (κ3) is 10.3. The zero-order valence-corrected chi connectivity index (χ0v) is 26.4. The van der Waals surface area contributed by atoms with Crippen LogP contribution in [-0.4, -0.2) is 42.0 Å². The SMILES string of the molecule is Cc1cc(O)c(C(C)(C)CCOC(=O)[C@H](COCc2ccccc2)NC(=O)OC(C)(C)C)c(C)c1OCc1ccccc1. The van der Waals surface area contributed by atoms with E-state index in [1.807, 2.05) is 88.4 Å². The van der Waals surface area contributed by atoms with E-state index in [0.717, 1.165) is 33.6 Å². The second-order valence-electron chi connectivity index (χ2n) is 12.3. The van der Waals surface area contributed by atoms with Gasteiger partial charge in [-0.2, -0.15) is 0 Å². The van der Waals surface area contributed by atoms with Gasteiger partial charge in [-0.3, -0.25) is 0 Å². The third-order valence-corrected chi connectivity index (χ3v) is 6.93. The molecule has 3 rings (SSSR count). The van der Waals surface area contributed by atoms with Crippen molar-refractivity contribution in [1.29, 1.82) is 0 Å². The number of hydrogen-bond donors (Lipinski definition) is 2. The minimum absolute atomic E-state index is 0.0595. The van der Waals surface area contributed by atoms with Crippen LogP contribution in [0.1, 0.15) is 68.9 Å². The molecule has 0 aromatic heterocycles. The minimum Gasteiger partial charge on any atom is -0.508 e. The second-order valence-corrected chi connectivity index (χ2v) is 12.3. The molecular formula is C35H45NO7. The molecule has 0 unspecified atom stereocenters. The van der Waals surface area contributed by atoms with E-state index in [1.165, 1.54) is 0 Å². The fraction of sp³-hybridized carbons (Fsp3) is 0.429. The molecule has 3 aromatic carbocycles. The molecule has 0 bridgehead atoms. The number of amides is 1. The van der Waals surface area contributed by atoms with Crippen molar-refractivity contribution >= 4 is 12.1 Å². The Kier molecular flexibility index (Phi) is 11.6. The van der Waals surface area contributed by atoms with Gasteiger partial charge in [-0.05, 0) is 74.8 Å². The first-order chi connectivity index (χ1) is 20.3. The number of hydrogen-bond acceptors (Lipinski definition) is 7. The number of benzene rings is 3. The number of carbonyl (C=O) groups is 2. The number of nitrogens with one attached hydrogen (secondary N) is 1. The number of esters is 1. The van der Waals surface area contributed by atoms with E-state index >= 15 is 0 Å². The van der Waals surface area contributed by atoms with Gasteiger partial charge in [0.15, 0.2) is 6.04 Å². The van der Waals surface area contributed by atoms with Crippen LogP contribution in [0.5, 0.6) is 11.5 Å². The quantitative estimate of drug-likeness (QED) is 0.208. The summed E-state index contributed by atoms with van der Waals surface area (Å²) in [5.41, 5.74) is 3.09. The molecular weight excluding hydrogens is 546 g/mol. The number of aryl methyl sites for hydroxylation is 1. The van der Waals surface area contributed by atoms with E-state index in [1.54, 1.807) is 26.8 Å². The summed E-state index contributed by atoms with van der Waals surface area (Å²) in [5.74, 6) is 0.252. The average Bonchev–Trinajstić information content (AvgIpc) is 2.92. The molecule has 0 heterocycles. The lowest BCUT2D eigenvalue weighted by Gasteiger charge is -2.30. The third-order valence-electron chi connectivity index (χ3n) is 6.93. The average molecular weight is 592 g/mol. The lowest BCUT2D eigenvalue weighted by atomic mass is 9.78. The van der Waals surface area contributed by atoms with Gasteiger partial charge in [-0.25, -0.2) is 9.59 Å². The van der Waals surface area contributed by atoms with Gasteiger partial charge in [0.1, 0.15) is 23.7 Å². The summed E-state index contributed by atoms with van der Waals surface area (Å²) in [5, 5.41) is 13.5. The zero-order chi connectivity index (χ0) is 31.6. The highest BCUT2D eigenvalue weighted by atomic mass is 16.6. The maximum Gasteiger partial charge on any atom is 0.408 e. The van der Waals surface area contributed by atoms with E-state index in [-0.39, 0.29) is 25.6 Å². The Hall–Kier alpha value is -4.04. The molecule has 0 radical (unpaired) electrons. The Morgan fingerprint density at radius 3 is 2.05 bits per heavy atom. The fourth-order valence-electron chi connectivity index (χ4n) is 4.87. The summed E-state index contributed by atoms with van der Waals surface area (Å²) in [6.07, 6.45) is -0.320. The van der Waals surface area contributed by atoms with Crippen molar-refractivity contribution in [2.45, 2.75) is 85.2 Å². The molecule has 0 aliphatic carbocycles. The first-order valence-electron chi connectivity index (χ1n) is 14.5. The van der Waals surface area contributed by atoms with Crippen molar-refractivity contribution in [3.63, 3.8) is 0 Å². The van der Waals surface area contributed by atoms with Gasteiger partial charge in [-0.1, -0.05) is 74.5 Å². The molecule has 0 fully saturated rings. The molecule has 0 aliphatic rings. The van der Waals surface area contributed by atoms with Gasteiger partial charge >= 0.3 is 12.1 Å². The number of phenols is 1. The summed E-state index contributed by atoms with van der Waals surface area (Å²) in [6, 6.07) is 20.1. The van der Waals surface area contributed by atoms with Gasteiger partial charge < -0.3 is 29.4 Å². The molecule has 43 heavy (non-hydrogen) atoms. The number of rotatable bonds is 13. The number of carbonyl (C=O) groups excluding carboxylic acids is 2. The van der Waals surface area contributed by atoms with Crippen molar-refractivity contribution in [2.24, 2.45) is 0 Å². The maximum absolute atomic E-state index is 13.1. The first-order valence-corrected chi connectivity index (χ1v) is 14.5. The topological polar surface area (TPSA) is 103 Å². The van der Waals surface area contributed by atoms with Crippen LogP contribution in [0.15, 0.2) is 66.7 Å². The van der Waals surface area contributed by atoms with Crippen molar-refractivity contribution in [3.05, 3.63) is 94.5 Å². The lowest BCUT2D eigenvalue weighted by molar-refractivity contribution is -0.148. The van der Waals surface area contributed by atoms with Crippen LogP contribution < -0.4 is 10.1 Å². The monoisotopic (exact) mass is 591 g/mol. The summed E-state index contributed by atoms with van der Waals surface area (Å²) >= 11 is 0. The number of ether oxygens (including phenoxy) is 4. The molecule has 0 aliphatic heterocycles. The predicted octanol–water partition coefficient (Wildman–Crippen LogP) is 6.91. The Balaban J connectivity index is 1.67. The molecule has 0 saturated carbocycles. The molecule has 1 amide bonds. The highest BCUT2D eigenvalue weighted by Gasteiger charge is 2.31. The molecule has 232 valence electrons. The normalized spacial score (nSPS) is 12.3. The smallest absolute Gasteiger partial charge is 0.408 e. The van der Waals surface area contributed by atoms with Gasteiger partial charge in [0, 0.05) is 5.56 Å². The van der Waals surface area contributed by atoms with Gasteiger partial charge in [0.05, 0.1) is 19.8 Å². The highest BCUT2D eigenvalue weighted by Crippen LogP contribution is 2.42. The fourth-order valence-corrected chi connectivity index (χ4v) is 4.87. The Morgan fingerprint density at radius 1 is 0.884 bits per heavy atom. The van der Waals surface area contributed by atoms with Crippen molar-refractivity contribution < 1.29 is 33.6 Å². The van der Waals surface area contributed by atoms with Crippen LogP contribution in [0.25, 0.3) is 0 Å². The second kappa shape index (κ2) is 14.9. The maximum atomic E-state index is 13.1. The van der Waals surface area contributed by atoms with Crippen LogP contribution in [-0.2, 0) is 37.6 Å². The van der Waals surface area contributed by atoms with Crippen LogP contribution in [0, 0.1) is 13.8 Å². The van der Waals surface area contributed by atoms with Crippen LogP contribution in [0.4, 0.5) is 4.79 Å². The Morgan fingerprint density at radius 2 is 1.47 bits per heavy atom. The Labute approximate surface area is 255 Å². The molecule has 0 spiro atoms. The van der Waals surface area contributed by atoms with Crippen molar-refractivity contribution in [1.82, 2.24) is 5.32 Å². The van der Waals surface area contributed by atoms with Crippen LogP contribution >= 0.6 is 0 Å². The zero-order valence-electron chi connectivity index (χ0n) is 26.4. The standard InChI is InChI=1S/C35H45NO7/c1-24-20-29(37)30(25(2)31(24)42-22-27-16-12-9-13-17-27)35(6,7)18-19-41-32(38)28(36-33(39)43-34(3,4)5)23-40-21-26-14-10-8-11-15-26/h8-17,20,28,37H,18-19,21-23H2,1-7H3,(H,36,39)/t28-/m0/s1. The lowest BCUT2D eigenvalue weighted by Crippen LogP contribution is -2.47. The van der Waals surface area contributed by atoms with E-state index < -0.39 is 29.1 Å². The first kappa shape index (κ1) is 33.5. The number of aromatic hydroxyl groups is 1. The van der Waals surface area contributed by atoms with E-state index in [4.69, 9.17) is 18.9 Å². The molecule has 2 N–H and O–H groups in total. The summed E-state index contributed by atoms with van der Waals surface area (Å²) < 4.78 is 22.9. The van der Waals surface area contributed by atoms with E-state index in [2.05, 4.69) is 5.32 Å². The van der Waals surface area contributed by atoms with Crippen LogP contribution in [0.2, 0.25) is 0 Å². The molecule has 8 heteroatoms. The number of alkyl carbamates (subject to hydrolysis) is 1. The summed E-state index contributed by atoms with van der Waals surface area (Å²) in [4.78, 5) is 25.6.